The second-order valence-corrected chi connectivity index (χ2v) is 4.54. The van der Waals surface area contributed by atoms with E-state index in [-0.39, 0.29) is 11.5 Å². The molecule has 0 amide bonds. The second kappa shape index (κ2) is 5.38. The predicted octanol–water partition coefficient (Wildman–Crippen LogP) is 4.73. The van der Waals surface area contributed by atoms with Gasteiger partial charge in [-0.2, -0.15) is 18.4 Å². The second-order valence-electron chi connectivity index (χ2n) is 4.54. The van der Waals surface area contributed by atoms with Crippen molar-refractivity contribution in [3.63, 3.8) is 0 Å². The molecule has 0 aliphatic carbocycles. The highest BCUT2D eigenvalue weighted by Gasteiger charge is 2.31. The van der Waals surface area contributed by atoms with Gasteiger partial charge >= 0.3 is 6.18 Å². The third kappa shape index (κ3) is 2.83. The van der Waals surface area contributed by atoms with Crippen molar-refractivity contribution in [1.29, 1.82) is 5.26 Å². The molecule has 1 unspecified atom stereocenters. The maximum Gasteiger partial charge on any atom is 0.416 e. The average Bonchev–Trinajstić information content (AvgIpc) is 2.45. The molecule has 0 bridgehead atoms. The van der Waals surface area contributed by atoms with Gasteiger partial charge in [0, 0.05) is 5.92 Å². The summed E-state index contributed by atoms with van der Waals surface area (Å²) < 4.78 is 38.0. The SMILES string of the molecule is CC(c1ccccc1)c1ccc(C(F)(F)F)cc1C#N. The Morgan fingerprint density at radius 1 is 1.05 bits per heavy atom. The Kier molecular flexibility index (Phi) is 3.80. The van der Waals surface area contributed by atoms with Crippen LogP contribution >= 0.6 is 0 Å². The zero-order chi connectivity index (χ0) is 14.8. The molecule has 0 radical (unpaired) electrons. The van der Waals surface area contributed by atoms with Gasteiger partial charge in [0.1, 0.15) is 0 Å². The summed E-state index contributed by atoms with van der Waals surface area (Å²) in [5, 5.41) is 9.09. The lowest BCUT2D eigenvalue weighted by Gasteiger charge is -2.16. The van der Waals surface area contributed by atoms with E-state index in [1.54, 1.807) is 0 Å². The predicted molar refractivity (Wildman–Crippen MR) is 70.1 cm³/mol. The van der Waals surface area contributed by atoms with Crippen LogP contribution in [0.3, 0.4) is 0 Å². The topological polar surface area (TPSA) is 23.8 Å². The van der Waals surface area contributed by atoms with Gasteiger partial charge < -0.3 is 0 Å². The molecule has 0 saturated heterocycles. The fraction of sp³-hybridized carbons (Fsp3) is 0.188. The number of rotatable bonds is 2. The number of nitrogens with zero attached hydrogens (tertiary/aromatic N) is 1. The molecule has 102 valence electrons. The van der Waals surface area contributed by atoms with E-state index in [9.17, 15) is 13.2 Å². The molecule has 0 heterocycles. The van der Waals surface area contributed by atoms with Gasteiger partial charge in [0.2, 0.25) is 0 Å². The zero-order valence-electron chi connectivity index (χ0n) is 10.8. The first-order valence-corrected chi connectivity index (χ1v) is 6.09. The van der Waals surface area contributed by atoms with Crippen molar-refractivity contribution in [3.8, 4) is 6.07 Å². The summed E-state index contributed by atoms with van der Waals surface area (Å²) in [6.07, 6.45) is -4.43. The van der Waals surface area contributed by atoms with Gasteiger partial charge in [-0.25, -0.2) is 0 Å². The third-order valence-electron chi connectivity index (χ3n) is 3.27. The Balaban J connectivity index is 2.46. The molecule has 0 fully saturated rings. The Morgan fingerprint density at radius 2 is 1.70 bits per heavy atom. The summed E-state index contributed by atoms with van der Waals surface area (Å²) in [4.78, 5) is 0. The van der Waals surface area contributed by atoms with Gasteiger partial charge in [0.15, 0.2) is 0 Å². The van der Waals surface area contributed by atoms with Crippen LogP contribution in [0.5, 0.6) is 0 Å². The van der Waals surface area contributed by atoms with E-state index >= 15 is 0 Å². The summed E-state index contributed by atoms with van der Waals surface area (Å²) in [6, 6.07) is 14.6. The Bertz CT molecular complexity index is 639. The minimum atomic E-state index is -4.43. The highest BCUT2D eigenvalue weighted by Crippen LogP contribution is 2.33. The first-order chi connectivity index (χ1) is 9.43. The van der Waals surface area contributed by atoms with Gasteiger partial charge in [0.05, 0.1) is 17.2 Å². The van der Waals surface area contributed by atoms with E-state index in [1.807, 2.05) is 43.3 Å². The van der Waals surface area contributed by atoms with Crippen LogP contribution < -0.4 is 0 Å². The Labute approximate surface area is 115 Å². The number of nitriles is 1. The molecule has 2 aromatic rings. The summed E-state index contributed by atoms with van der Waals surface area (Å²) in [5.74, 6) is -0.131. The van der Waals surface area contributed by atoms with Crippen LogP contribution in [-0.4, -0.2) is 0 Å². The normalized spacial score (nSPS) is 12.8. The molecule has 4 heteroatoms. The van der Waals surface area contributed by atoms with Crippen LogP contribution in [0.15, 0.2) is 48.5 Å². The van der Waals surface area contributed by atoms with E-state index in [2.05, 4.69) is 0 Å². The maximum absolute atomic E-state index is 12.7. The van der Waals surface area contributed by atoms with Crippen molar-refractivity contribution in [2.45, 2.75) is 19.0 Å². The van der Waals surface area contributed by atoms with Gasteiger partial charge in [0.25, 0.3) is 0 Å². The summed E-state index contributed by atoms with van der Waals surface area (Å²) in [7, 11) is 0. The van der Waals surface area contributed by atoms with Gasteiger partial charge in [-0.15, -0.1) is 0 Å². The molecule has 1 atom stereocenters. The van der Waals surface area contributed by atoms with E-state index in [0.717, 1.165) is 17.7 Å². The molecule has 20 heavy (non-hydrogen) atoms. The van der Waals surface area contributed by atoms with Crippen molar-refractivity contribution in [2.24, 2.45) is 0 Å². The first-order valence-electron chi connectivity index (χ1n) is 6.09. The molecule has 0 N–H and O–H groups in total. The van der Waals surface area contributed by atoms with Crippen LogP contribution in [0, 0.1) is 11.3 Å². The first kappa shape index (κ1) is 14.1. The van der Waals surface area contributed by atoms with Crippen LogP contribution in [-0.2, 0) is 6.18 Å². The van der Waals surface area contributed by atoms with Crippen molar-refractivity contribution in [1.82, 2.24) is 0 Å². The summed E-state index contributed by atoms with van der Waals surface area (Å²) in [6.45, 7) is 1.87. The average molecular weight is 275 g/mol. The smallest absolute Gasteiger partial charge is 0.192 e. The minimum absolute atomic E-state index is 0.0659. The lowest BCUT2D eigenvalue weighted by molar-refractivity contribution is -0.137. The van der Waals surface area contributed by atoms with Crippen LogP contribution in [0.2, 0.25) is 0 Å². The number of hydrogen-bond acceptors (Lipinski definition) is 1. The monoisotopic (exact) mass is 275 g/mol. The van der Waals surface area contributed by atoms with Crippen LogP contribution in [0.25, 0.3) is 0 Å². The van der Waals surface area contributed by atoms with Gasteiger partial charge in [-0.05, 0) is 23.3 Å². The molecule has 0 aromatic heterocycles. The number of halogens is 3. The third-order valence-corrected chi connectivity index (χ3v) is 3.27. The summed E-state index contributed by atoms with van der Waals surface area (Å²) in [5.41, 5.74) is 0.838. The molecule has 0 aliphatic heterocycles. The molecular formula is C16H12F3N. The fourth-order valence-corrected chi connectivity index (χ4v) is 2.13. The summed E-state index contributed by atoms with van der Waals surface area (Å²) >= 11 is 0. The molecule has 2 rings (SSSR count). The highest BCUT2D eigenvalue weighted by molar-refractivity contribution is 5.46. The zero-order valence-corrected chi connectivity index (χ0v) is 10.8. The molecule has 0 saturated carbocycles. The lowest BCUT2D eigenvalue weighted by Crippen LogP contribution is -2.07. The minimum Gasteiger partial charge on any atom is -0.192 e. The van der Waals surface area contributed by atoms with Crippen molar-refractivity contribution in [3.05, 3.63) is 70.8 Å². The van der Waals surface area contributed by atoms with Crippen molar-refractivity contribution < 1.29 is 13.2 Å². The van der Waals surface area contributed by atoms with Gasteiger partial charge in [-0.3, -0.25) is 0 Å². The standard InChI is InChI=1S/C16H12F3N/c1-11(12-5-3-2-4-6-12)15-8-7-14(16(17,18)19)9-13(15)10-20/h2-9,11H,1H3. The fourth-order valence-electron chi connectivity index (χ4n) is 2.13. The molecule has 1 nitrogen and oxygen atoms in total. The van der Waals surface area contributed by atoms with E-state index in [4.69, 9.17) is 5.26 Å². The van der Waals surface area contributed by atoms with Crippen molar-refractivity contribution in [2.75, 3.05) is 0 Å². The lowest BCUT2D eigenvalue weighted by atomic mass is 9.89. The maximum atomic E-state index is 12.7. The highest BCUT2D eigenvalue weighted by atomic mass is 19.4. The van der Waals surface area contributed by atoms with E-state index in [0.29, 0.717) is 5.56 Å². The Morgan fingerprint density at radius 3 is 2.25 bits per heavy atom. The van der Waals surface area contributed by atoms with Crippen LogP contribution in [0.4, 0.5) is 13.2 Å². The number of alkyl halides is 3. The molecule has 0 spiro atoms. The molecular weight excluding hydrogens is 263 g/mol. The largest absolute Gasteiger partial charge is 0.416 e. The van der Waals surface area contributed by atoms with Crippen molar-refractivity contribution >= 4 is 0 Å². The molecule has 0 aliphatic rings. The van der Waals surface area contributed by atoms with Gasteiger partial charge in [-0.1, -0.05) is 43.3 Å². The van der Waals surface area contributed by atoms with E-state index in [1.165, 1.54) is 6.07 Å². The molecule has 2 aromatic carbocycles. The van der Waals surface area contributed by atoms with E-state index < -0.39 is 11.7 Å². The quantitative estimate of drug-likeness (QED) is 0.777. The number of benzene rings is 2. The van der Waals surface area contributed by atoms with Crippen LogP contribution in [0.1, 0.15) is 35.1 Å². The Hall–Kier alpha value is -2.28. The number of hydrogen-bond donors (Lipinski definition) is 0.